The van der Waals surface area contributed by atoms with Crippen molar-refractivity contribution >= 4 is 11.8 Å². The highest BCUT2D eigenvalue weighted by atomic mass is 16.2. The van der Waals surface area contributed by atoms with E-state index in [0.717, 1.165) is 16.7 Å². The molecule has 132 valence electrons. The molecule has 0 aliphatic carbocycles. The fourth-order valence-electron chi connectivity index (χ4n) is 2.72. The van der Waals surface area contributed by atoms with Crippen molar-refractivity contribution in [3.8, 4) is 0 Å². The first-order chi connectivity index (χ1) is 12.0. The molecule has 0 saturated carbocycles. The number of aryl methyl sites for hydroxylation is 1. The molecule has 4 nitrogen and oxygen atoms in total. The van der Waals surface area contributed by atoms with E-state index in [1.807, 2.05) is 68.4 Å². The number of hydrogen-bond donors (Lipinski definition) is 0. The Balaban J connectivity index is 2.05. The van der Waals surface area contributed by atoms with Gasteiger partial charge in [0.25, 0.3) is 0 Å². The van der Waals surface area contributed by atoms with E-state index in [2.05, 4.69) is 0 Å². The molecule has 0 aliphatic heterocycles. The zero-order valence-corrected chi connectivity index (χ0v) is 15.2. The van der Waals surface area contributed by atoms with E-state index in [9.17, 15) is 9.59 Å². The van der Waals surface area contributed by atoms with E-state index in [1.54, 1.807) is 9.80 Å². The molecule has 2 rings (SSSR count). The largest absolute Gasteiger partial charge is 0.337 e. The molecule has 2 aromatic rings. The summed E-state index contributed by atoms with van der Waals surface area (Å²) >= 11 is 0. The Labute approximate surface area is 150 Å². The van der Waals surface area contributed by atoms with Gasteiger partial charge in [0.05, 0.1) is 0 Å². The Morgan fingerprint density at radius 1 is 0.880 bits per heavy atom. The van der Waals surface area contributed by atoms with Crippen molar-refractivity contribution < 1.29 is 9.59 Å². The van der Waals surface area contributed by atoms with Gasteiger partial charge in [0.15, 0.2) is 0 Å². The van der Waals surface area contributed by atoms with E-state index >= 15 is 0 Å². The van der Waals surface area contributed by atoms with E-state index < -0.39 is 0 Å². The maximum atomic E-state index is 12.7. The van der Waals surface area contributed by atoms with E-state index in [4.69, 9.17) is 0 Å². The van der Waals surface area contributed by atoms with E-state index in [1.165, 1.54) is 6.92 Å². The molecule has 0 saturated heterocycles. The minimum absolute atomic E-state index is 0.0323. The molecule has 0 atom stereocenters. The van der Waals surface area contributed by atoms with Gasteiger partial charge < -0.3 is 9.80 Å². The van der Waals surface area contributed by atoms with Gasteiger partial charge in [-0.15, -0.1) is 0 Å². The Bertz CT molecular complexity index is 713. The molecule has 4 heteroatoms. The number of carbonyl (C=O) groups excluding carboxylic acids is 2. The lowest BCUT2D eigenvalue weighted by molar-refractivity contribution is -0.140. The topological polar surface area (TPSA) is 40.6 Å². The Morgan fingerprint density at radius 3 is 2.12 bits per heavy atom. The zero-order chi connectivity index (χ0) is 18.2. The van der Waals surface area contributed by atoms with Crippen LogP contribution in [0, 0.1) is 6.92 Å². The molecule has 0 radical (unpaired) electrons. The minimum atomic E-state index is -0.0904. The van der Waals surface area contributed by atoms with Crippen molar-refractivity contribution in [2.75, 3.05) is 13.1 Å². The summed E-state index contributed by atoms with van der Waals surface area (Å²) in [7, 11) is 0. The van der Waals surface area contributed by atoms with Crippen LogP contribution in [0.5, 0.6) is 0 Å². The number of rotatable bonds is 7. The second-order valence-corrected chi connectivity index (χ2v) is 6.20. The van der Waals surface area contributed by atoms with Crippen LogP contribution < -0.4 is 0 Å². The summed E-state index contributed by atoms with van der Waals surface area (Å²) in [6, 6.07) is 17.8. The van der Waals surface area contributed by atoms with E-state index in [0.29, 0.717) is 19.6 Å². The molecule has 0 heterocycles. The average molecular weight is 338 g/mol. The van der Waals surface area contributed by atoms with Crippen molar-refractivity contribution in [2.24, 2.45) is 0 Å². The van der Waals surface area contributed by atoms with Gasteiger partial charge in [-0.25, -0.2) is 0 Å². The quantitative estimate of drug-likeness (QED) is 0.776. The molecule has 0 spiro atoms. The highest BCUT2D eigenvalue weighted by Crippen LogP contribution is 2.12. The van der Waals surface area contributed by atoms with E-state index in [-0.39, 0.29) is 18.4 Å². The summed E-state index contributed by atoms with van der Waals surface area (Å²) < 4.78 is 0. The molecule has 0 aliphatic rings. The van der Waals surface area contributed by atoms with Crippen molar-refractivity contribution in [1.82, 2.24) is 9.80 Å². The maximum Gasteiger partial charge on any atom is 0.242 e. The third kappa shape index (κ3) is 5.45. The number of nitrogens with zero attached hydrogens (tertiary/aromatic N) is 2. The van der Waals surface area contributed by atoms with Gasteiger partial charge in [-0.2, -0.15) is 0 Å². The van der Waals surface area contributed by atoms with Crippen LogP contribution in [-0.2, 0) is 22.7 Å². The van der Waals surface area contributed by atoms with Crippen LogP contribution in [0.2, 0.25) is 0 Å². The summed E-state index contributed by atoms with van der Waals surface area (Å²) in [6.07, 6.45) is 0. The van der Waals surface area contributed by atoms with Crippen LogP contribution in [0.4, 0.5) is 0 Å². The SMILES string of the molecule is CCN(Cc1ccccc1)C(=O)CN(Cc1ccccc1C)C(C)=O. The van der Waals surface area contributed by atoms with Crippen LogP contribution in [0.15, 0.2) is 54.6 Å². The molecular weight excluding hydrogens is 312 g/mol. The molecule has 2 aromatic carbocycles. The van der Waals surface area contributed by atoms with Gasteiger partial charge in [0, 0.05) is 26.6 Å². The van der Waals surface area contributed by atoms with Gasteiger partial charge >= 0.3 is 0 Å². The minimum Gasteiger partial charge on any atom is -0.337 e. The molecule has 0 fully saturated rings. The number of benzene rings is 2. The average Bonchev–Trinajstić information content (AvgIpc) is 2.61. The second kappa shape index (κ2) is 9.02. The molecule has 0 unspecified atom stereocenters. The molecule has 25 heavy (non-hydrogen) atoms. The molecular formula is C21H26N2O2. The summed E-state index contributed by atoms with van der Waals surface area (Å²) in [4.78, 5) is 28.1. The van der Waals surface area contributed by atoms with Gasteiger partial charge in [-0.1, -0.05) is 54.6 Å². The monoisotopic (exact) mass is 338 g/mol. The smallest absolute Gasteiger partial charge is 0.242 e. The second-order valence-electron chi connectivity index (χ2n) is 6.20. The third-order valence-corrected chi connectivity index (χ3v) is 4.34. The predicted octanol–water partition coefficient (Wildman–Crippen LogP) is 3.39. The number of amides is 2. The van der Waals surface area contributed by atoms with Crippen molar-refractivity contribution in [2.45, 2.75) is 33.9 Å². The first-order valence-corrected chi connectivity index (χ1v) is 8.63. The van der Waals surface area contributed by atoms with Crippen LogP contribution in [0.25, 0.3) is 0 Å². The molecule has 2 amide bonds. The predicted molar refractivity (Wildman–Crippen MR) is 99.8 cm³/mol. The fraction of sp³-hybridized carbons (Fsp3) is 0.333. The normalized spacial score (nSPS) is 10.4. The van der Waals surface area contributed by atoms with Crippen LogP contribution in [-0.4, -0.2) is 34.7 Å². The first kappa shape index (κ1) is 18.7. The van der Waals surface area contributed by atoms with Gasteiger partial charge in [-0.05, 0) is 30.5 Å². The van der Waals surface area contributed by atoms with Crippen LogP contribution >= 0.6 is 0 Å². The summed E-state index contributed by atoms with van der Waals surface area (Å²) in [6.45, 7) is 7.22. The zero-order valence-electron chi connectivity index (χ0n) is 15.2. The Hall–Kier alpha value is -2.62. The number of hydrogen-bond acceptors (Lipinski definition) is 2. The Kier molecular flexibility index (Phi) is 6.75. The molecule has 0 aromatic heterocycles. The Morgan fingerprint density at radius 2 is 1.52 bits per heavy atom. The molecule has 0 N–H and O–H groups in total. The van der Waals surface area contributed by atoms with Crippen molar-refractivity contribution in [3.63, 3.8) is 0 Å². The standard InChI is InChI=1S/C21H26N2O2/c1-4-22(14-19-11-6-5-7-12-19)21(25)16-23(18(3)24)15-20-13-9-8-10-17(20)2/h5-13H,4,14-16H2,1-3H3. The van der Waals surface area contributed by atoms with Gasteiger partial charge in [0.1, 0.15) is 6.54 Å². The fourth-order valence-corrected chi connectivity index (χ4v) is 2.72. The maximum absolute atomic E-state index is 12.7. The highest BCUT2D eigenvalue weighted by molar-refractivity contribution is 5.83. The molecule has 0 bridgehead atoms. The van der Waals surface area contributed by atoms with Gasteiger partial charge in [-0.3, -0.25) is 9.59 Å². The summed E-state index contributed by atoms with van der Waals surface area (Å²) in [5.74, 6) is -0.123. The van der Waals surface area contributed by atoms with Gasteiger partial charge in [0.2, 0.25) is 11.8 Å². The first-order valence-electron chi connectivity index (χ1n) is 8.63. The lowest BCUT2D eigenvalue weighted by Gasteiger charge is -2.27. The summed E-state index contributed by atoms with van der Waals surface area (Å²) in [5.41, 5.74) is 3.28. The lowest BCUT2D eigenvalue weighted by Crippen LogP contribution is -2.41. The third-order valence-electron chi connectivity index (χ3n) is 4.34. The lowest BCUT2D eigenvalue weighted by atomic mass is 10.1. The highest BCUT2D eigenvalue weighted by Gasteiger charge is 2.19. The van der Waals surface area contributed by atoms with Crippen molar-refractivity contribution in [1.29, 1.82) is 0 Å². The summed E-state index contributed by atoms with van der Waals surface area (Å²) in [5, 5.41) is 0. The number of carbonyl (C=O) groups is 2. The van der Waals surface area contributed by atoms with Crippen LogP contribution in [0.1, 0.15) is 30.5 Å². The number of likely N-dealkylation sites (N-methyl/N-ethyl adjacent to an activating group) is 1. The van der Waals surface area contributed by atoms with Crippen LogP contribution in [0.3, 0.4) is 0 Å². The van der Waals surface area contributed by atoms with Crippen molar-refractivity contribution in [3.05, 3.63) is 71.3 Å².